The molecule has 7 heteroatoms. The molecule has 2 aliphatic rings. The number of carbonyl (C=O) groups is 2. The van der Waals surface area contributed by atoms with Crippen molar-refractivity contribution in [3.63, 3.8) is 0 Å². The average Bonchev–Trinajstić information content (AvgIpc) is 3.17. The van der Waals surface area contributed by atoms with Crippen LogP contribution in [-0.2, 0) is 9.59 Å². The van der Waals surface area contributed by atoms with Gasteiger partial charge in [-0.25, -0.2) is 4.79 Å². The van der Waals surface area contributed by atoms with E-state index >= 15 is 0 Å². The molecule has 1 unspecified atom stereocenters. The van der Waals surface area contributed by atoms with E-state index in [1.165, 1.54) is 17.8 Å². The molecule has 1 N–H and O–H groups in total. The van der Waals surface area contributed by atoms with Crippen molar-refractivity contribution in [3.8, 4) is 0 Å². The fraction of sp³-hybridized carbons (Fsp3) is 0.190. The van der Waals surface area contributed by atoms with Crippen LogP contribution >= 0.6 is 11.8 Å². The van der Waals surface area contributed by atoms with E-state index in [-0.39, 0.29) is 11.8 Å². The second-order valence-electron chi connectivity index (χ2n) is 7.00. The second kappa shape index (κ2) is 5.97. The molecule has 3 heterocycles. The molecule has 5 rings (SSSR count). The van der Waals surface area contributed by atoms with E-state index in [1.54, 1.807) is 17.0 Å². The first-order valence-corrected chi connectivity index (χ1v) is 9.77. The first-order chi connectivity index (χ1) is 13.5. The number of anilines is 2. The molecule has 28 heavy (non-hydrogen) atoms. The summed E-state index contributed by atoms with van der Waals surface area (Å²) in [5.41, 5.74) is 2.11. The lowest BCUT2D eigenvalue weighted by molar-refractivity contribution is -0.121. The van der Waals surface area contributed by atoms with Gasteiger partial charge in [0.15, 0.2) is 4.87 Å². The van der Waals surface area contributed by atoms with Crippen LogP contribution in [0.15, 0.2) is 62.6 Å². The molecule has 1 aromatic heterocycles. The molecule has 3 aromatic rings. The molecule has 1 fully saturated rings. The fourth-order valence-electron chi connectivity index (χ4n) is 3.93. The first kappa shape index (κ1) is 17.1. The smallest absolute Gasteiger partial charge is 0.336 e. The summed E-state index contributed by atoms with van der Waals surface area (Å²) in [6.45, 7) is 1.84. The standard InChI is InChI=1S/C21H16N2O4S/c1-12-10-19(25)27-16-11-13(6-7-14(12)16)22-20(26)21-9-8-18(24)23(21)15-4-2-3-5-17(15)28-21/h2-7,10-11H,8-9H2,1H3,(H,22,26). The van der Waals surface area contributed by atoms with Gasteiger partial charge in [0, 0.05) is 34.5 Å². The third kappa shape index (κ3) is 2.39. The predicted octanol–water partition coefficient (Wildman–Crippen LogP) is 3.67. The summed E-state index contributed by atoms with van der Waals surface area (Å²) in [6.07, 6.45) is 0.777. The molecule has 0 aliphatic carbocycles. The van der Waals surface area contributed by atoms with Gasteiger partial charge < -0.3 is 9.73 Å². The summed E-state index contributed by atoms with van der Waals surface area (Å²) in [4.78, 5) is 39.0. The van der Waals surface area contributed by atoms with Crippen LogP contribution in [0.4, 0.5) is 11.4 Å². The van der Waals surface area contributed by atoms with Crippen LogP contribution < -0.4 is 15.8 Å². The number of rotatable bonds is 2. The highest BCUT2D eigenvalue weighted by Gasteiger charge is 2.57. The fourth-order valence-corrected chi connectivity index (χ4v) is 5.34. The summed E-state index contributed by atoms with van der Waals surface area (Å²) < 4.78 is 5.27. The molecular formula is C21H16N2O4S. The normalized spacial score (nSPS) is 20.3. The van der Waals surface area contributed by atoms with Gasteiger partial charge in [-0.3, -0.25) is 14.5 Å². The molecule has 2 amide bonds. The Hall–Kier alpha value is -3.06. The number of carbonyl (C=O) groups excluding carboxylic acids is 2. The van der Waals surface area contributed by atoms with Crippen LogP contribution in [0, 0.1) is 6.92 Å². The van der Waals surface area contributed by atoms with Gasteiger partial charge in [0.25, 0.3) is 5.91 Å². The largest absolute Gasteiger partial charge is 0.423 e. The number of amides is 2. The van der Waals surface area contributed by atoms with Gasteiger partial charge in [0.2, 0.25) is 5.91 Å². The minimum atomic E-state index is -0.983. The van der Waals surface area contributed by atoms with Gasteiger partial charge in [-0.05, 0) is 43.2 Å². The van der Waals surface area contributed by atoms with Gasteiger partial charge >= 0.3 is 5.63 Å². The van der Waals surface area contributed by atoms with Crippen molar-refractivity contribution >= 4 is 45.9 Å². The summed E-state index contributed by atoms with van der Waals surface area (Å²) in [5, 5.41) is 3.73. The minimum Gasteiger partial charge on any atom is -0.423 e. The molecule has 2 aliphatic heterocycles. The van der Waals surface area contributed by atoms with Crippen molar-refractivity contribution in [2.45, 2.75) is 29.5 Å². The number of para-hydroxylation sites is 1. The third-order valence-electron chi connectivity index (χ3n) is 5.24. The predicted molar refractivity (Wildman–Crippen MR) is 108 cm³/mol. The number of fused-ring (bicyclic) bond motifs is 4. The van der Waals surface area contributed by atoms with Crippen molar-refractivity contribution < 1.29 is 14.0 Å². The van der Waals surface area contributed by atoms with E-state index in [9.17, 15) is 14.4 Å². The zero-order valence-corrected chi connectivity index (χ0v) is 15.8. The lowest BCUT2D eigenvalue weighted by Crippen LogP contribution is -2.49. The van der Waals surface area contributed by atoms with E-state index in [0.29, 0.717) is 24.1 Å². The Bertz CT molecular complexity index is 1220. The van der Waals surface area contributed by atoms with E-state index in [1.807, 2.05) is 37.3 Å². The molecule has 6 nitrogen and oxygen atoms in total. The Morgan fingerprint density at radius 2 is 2.00 bits per heavy atom. The Kier molecular flexibility index (Phi) is 3.64. The Balaban J connectivity index is 1.51. The van der Waals surface area contributed by atoms with E-state index in [2.05, 4.69) is 5.32 Å². The maximum absolute atomic E-state index is 13.3. The molecule has 0 spiro atoms. The summed E-state index contributed by atoms with van der Waals surface area (Å²) in [5.74, 6) is -0.304. The van der Waals surface area contributed by atoms with E-state index < -0.39 is 10.5 Å². The Morgan fingerprint density at radius 1 is 1.18 bits per heavy atom. The van der Waals surface area contributed by atoms with Crippen LogP contribution in [0.3, 0.4) is 0 Å². The van der Waals surface area contributed by atoms with Gasteiger partial charge in [-0.15, -0.1) is 0 Å². The first-order valence-electron chi connectivity index (χ1n) is 8.95. The zero-order chi connectivity index (χ0) is 19.5. The molecule has 2 aromatic carbocycles. The summed E-state index contributed by atoms with van der Waals surface area (Å²) >= 11 is 1.41. The molecule has 1 atom stereocenters. The highest BCUT2D eigenvalue weighted by molar-refractivity contribution is 8.02. The average molecular weight is 392 g/mol. The highest BCUT2D eigenvalue weighted by atomic mass is 32.2. The van der Waals surface area contributed by atoms with Crippen LogP contribution in [0.25, 0.3) is 11.0 Å². The van der Waals surface area contributed by atoms with Crippen molar-refractivity contribution in [1.29, 1.82) is 0 Å². The van der Waals surface area contributed by atoms with Crippen LogP contribution in [0.5, 0.6) is 0 Å². The quantitative estimate of drug-likeness (QED) is 0.673. The lowest BCUT2D eigenvalue weighted by Gasteiger charge is -2.29. The van der Waals surface area contributed by atoms with Crippen molar-refractivity contribution in [2.24, 2.45) is 0 Å². The van der Waals surface area contributed by atoms with Gasteiger partial charge in [0.1, 0.15) is 5.58 Å². The number of thioether (sulfide) groups is 1. The summed E-state index contributed by atoms with van der Waals surface area (Å²) in [6, 6.07) is 14.2. The lowest BCUT2D eigenvalue weighted by atomic mass is 10.1. The molecule has 140 valence electrons. The van der Waals surface area contributed by atoms with E-state index in [4.69, 9.17) is 4.42 Å². The van der Waals surface area contributed by atoms with E-state index in [0.717, 1.165) is 21.5 Å². The molecular weight excluding hydrogens is 376 g/mol. The monoisotopic (exact) mass is 392 g/mol. The van der Waals surface area contributed by atoms with Gasteiger partial charge in [-0.1, -0.05) is 23.9 Å². The highest BCUT2D eigenvalue weighted by Crippen LogP contribution is 2.56. The number of aryl methyl sites for hydroxylation is 1. The number of nitrogens with one attached hydrogen (secondary N) is 1. The number of benzene rings is 2. The Labute approximate surface area is 164 Å². The summed E-state index contributed by atoms with van der Waals surface area (Å²) in [7, 11) is 0. The Morgan fingerprint density at radius 3 is 2.86 bits per heavy atom. The number of hydrogen-bond donors (Lipinski definition) is 1. The SMILES string of the molecule is Cc1cc(=O)oc2cc(NC(=O)C34CCC(=O)N3c3ccccc3S4)ccc12. The van der Waals surface area contributed by atoms with Gasteiger partial charge in [-0.2, -0.15) is 0 Å². The van der Waals surface area contributed by atoms with Crippen molar-refractivity contribution in [2.75, 3.05) is 10.2 Å². The second-order valence-corrected chi connectivity index (χ2v) is 8.32. The third-order valence-corrected chi connectivity index (χ3v) is 6.71. The van der Waals surface area contributed by atoms with Crippen LogP contribution in [-0.4, -0.2) is 16.7 Å². The van der Waals surface area contributed by atoms with Crippen molar-refractivity contribution in [1.82, 2.24) is 0 Å². The van der Waals surface area contributed by atoms with Gasteiger partial charge in [0.05, 0.1) is 5.69 Å². The zero-order valence-electron chi connectivity index (χ0n) is 15.0. The maximum Gasteiger partial charge on any atom is 0.336 e. The number of nitrogens with zero attached hydrogens (tertiary/aromatic N) is 1. The number of hydrogen-bond acceptors (Lipinski definition) is 5. The van der Waals surface area contributed by atoms with Crippen molar-refractivity contribution in [3.05, 3.63) is 64.5 Å². The molecule has 0 radical (unpaired) electrons. The van der Waals surface area contributed by atoms with Crippen LogP contribution in [0.1, 0.15) is 18.4 Å². The minimum absolute atomic E-state index is 0.0484. The molecule has 0 bridgehead atoms. The molecule has 0 saturated carbocycles. The van der Waals surface area contributed by atoms with Crippen LogP contribution in [0.2, 0.25) is 0 Å². The topological polar surface area (TPSA) is 79.6 Å². The maximum atomic E-state index is 13.3. The molecule has 1 saturated heterocycles.